The molecule has 6 nitrogen and oxygen atoms in total. The third-order valence-corrected chi connectivity index (χ3v) is 5.13. The van der Waals surface area contributed by atoms with Gasteiger partial charge < -0.3 is 24.4 Å². The van der Waals surface area contributed by atoms with Crippen LogP contribution in [-0.4, -0.2) is 69.1 Å². The Kier molecular flexibility index (Phi) is 11.1. The molecule has 3 rings (SSSR count). The molecule has 2 aliphatic heterocycles. The minimum absolute atomic E-state index is 0. The topological polar surface area (TPSA) is 55.3 Å². The van der Waals surface area contributed by atoms with Crippen LogP contribution in [-0.2, 0) is 9.47 Å². The summed E-state index contributed by atoms with van der Waals surface area (Å²) in [6.07, 6.45) is 4.69. The predicted octanol–water partition coefficient (Wildman–Crippen LogP) is 3.59. The van der Waals surface area contributed by atoms with Crippen LogP contribution in [0.15, 0.2) is 23.2 Å². The average molecular weight is 539 g/mol. The van der Waals surface area contributed by atoms with Crippen LogP contribution in [0.4, 0.5) is 8.78 Å². The number of benzene rings is 1. The molecule has 1 atom stereocenters. The van der Waals surface area contributed by atoms with Gasteiger partial charge in [0.15, 0.2) is 17.6 Å². The van der Waals surface area contributed by atoms with Crippen LogP contribution in [0.25, 0.3) is 0 Å². The maximum Gasteiger partial charge on any atom is 0.194 e. The van der Waals surface area contributed by atoms with E-state index in [0.717, 1.165) is 70.0 Å². The summed E-state index contributed by atoms with van der Waals surface area (Å²) in [7, 11) is 0. The minimum atomic E-state index is -0.913. The number of rotatable bonds is 8. The molecule has 1 unspecified atom stereocenters. The summed E-state index contributed by atoms with van der Waals surface area (Å²) in [6.45, 7) is 6.84. The number of halogens is 3. The SMILES string of the molecule is CCNC(=NCCOc1ccc(F)c(F)c1)N1CCC(OCC2CCCO2)CC1.I. The molecule has 2 aliphatic rings. The van der Waals surface area contributed by atoms with Gasteiger partial charge in [-0.15, -0.1) is 24.0 Å². The van der Waals surface area contributed by atoms with Gasteiger partial charge in [-0.25, -0.2) is 13.8 Å². The first-order valence-corrected chi connectivity index (χ1v) is 10.5. The molecule has 0 amide bonds. The van der Waals surface area contributed by atoms with E-state index in [9.17, 15) is 8.78 Å². The standard InChI is InChI=1S/C21H31F2N3O3.HI/c1-2-24-21(25-9-13-28-17-5-6-19(22)20(23)14-17)26-10-7-16(8-11-26)29-15-18-4-3-12-27-18;/h5-6,14,16,18H,2-4,7-13,15H2,1H3,(H,24,25);1H. The first-order valence-electron chi connectivity index (χ1n) is 10.5. The van der Waals surface area contributed by atoms with Crippen molar-refractivity contribution in [3.8, 4) is 5.75 Å². The van der Waals surface area contributed by atoms with Gasteiger partial charge in [0, 0.05) is 32.3 Å². The lowest BCUT2D eigenvalue weighted by molar-refractivity contribution is -0.0367. The van der Waals surface area contributed by atoms with Crippen molar-refractivity contribution >= 4 is 29.9 Å². The van der Waals surface area contributed by atoms with Crippen LogP contribution < -0.4 is 10.1 Å². The Bertz CT molecular complexity index is 667. The number of hydrogen-bond acceptors (Lipinski definition) is 4. The fraction of sp³-hybridized carbons (Fsp3) is 0.667. The molecule has 2 fully saturated rings. The van der Waals surface area contributed by atoms with Crippen molar-refractivity contribution in [1.82, 2.24) is 10.2 Å². The van der Waals surface area contributed by atoms with Gasteiger partial charge in [0.25, 0.3) is 0 Å². The normalized spacial score (nSPS) is 20.2. The fourth-order valence-electron chi connectivity index (χ4n) is 3.56. The molecule has 2 heterocycles. The molecule has 0 bridgehead atoms. The number of hydrogen-bond donors (Lipinski definition) is 1. The lowest BCUT2D eigenvalue weighted by Gasteiger charge is -2.34. The second kappa shape index (κ2) is 13.3. The average Bonchev–Trinajstić information content (AvgIpc) is 3.25. The molecule has 0 radical (unpaired) electrons. The van der Waals surface area contributed by atoms with E-state index in [-0.39, 0.29) is 36.2 Å². The number of guanidine groups is 1. The third kappa shape index (κ3) is 7.81. The second-order valence-electron chi connectivity index (χ2n) is 7.31. The highest BCUT2D eigenvalue weighted by atomic mass is 127. The van der Waals surface area contributed by atoms with Crippen LogP contribution >= 0.6 is 24.0 Å². The summed E-state index contributed by atoms with van der Waals surface area (Å²) in [5, 5.41) is 3.31. The van der Waals surface area contributed by atoms with Gasteiger partial charge in [0.2, 0.25) is 0 Å². The predicted molar refractivity (Wildman–Crippen MR) is 123 cm³/mol. The Labute approximate surface area is 194 Å². The van der Waals surface area contributed by atoms with E-state index in [2.05, 4.69) is 15.2 Å². The Morgan fingerprint density at radius 3 is 2.70 bits per heavy atom. The molecule has 1 aromatic rings. The van der Waals surface area contributed by atoms with Crippen molar-refractivity contribution in [3.05, 3.63) is 29.8 Å². The molecular weight excluding hydrogens is 507 g/mol. The maximum absolute atomic E-state index is 13.2. The summed E-state index contributed by atoms with van der Waals surface area (Å²) in [5.41, 5.74) is 0. The fourth-order valence-corrected chi connectivity index (χ4v) is 3.56. The van der Waals surface area contributed by atoms with Gasteiger partial charge in [-0.05, 0) is 44.7 Å². The highest BCUT2D eigenvalue weighted by molar-refractivity contribution is 14.0. The van der Waals surface area contributed by atoms with E-state index in [0.29, 0.717) is 25.5 Å². The van der Waals surface area contributed by atoms with E-state index in [1.54, 1.807) is 0 Å². The Morgan fingerprint density at radius 1 is 1.23 bits per heavy atom. The molecule has 0 saturated carbocycles. The van der Waals surface area contributed by atoms with Crippen LogP contribution in [0.5, 0.6) is 5.75 Å². The zero-order valence-electron chi connectivity index (χ0n) is 17.4. The Morgan fingerprint density at radius 2 is 2.03 bits per heavy atom. The van der Waals surface area contributed by atoms with Gasteiger partial charge in [0.05, 0.1) is 25.4 Å². The minimum Gasteiger partial charge on any atom is -0.492 e. The highest BCUT2D eigenvalue weighted by Crippen LogP contribution is 2.18. The number of likely N-dealkylation sites (tertiary alicyclic amines) is 1. The summed E-state index contributed by atoms with van der Waals surface area (Å²) >= 11 is 0. The molecule has 9 heteroatoms. The number of nitrogens with zero attached hydrogens (tertiary/aromatic N) is 2. The van der Waals surface area contributed by atoms with Crippen molar-refractivity contribution < 1.29 is 23.0 Å². The molecule has 30 heavy (non-hydrogen) atoms. The molecule has 1 N–H and O–H groups in total. The van der Waals surface area contributed by atoms with Crippen LogP contribution in [0.3, 0.4) is 0 Å². The molecule has 2 saturated heterocycles. The third-order valence-electron chi connectivity index (χ3n) is 5.13. The van der Waals surface area contributed by atoms with Gasteiger partial charge in [-0.1, -0.05) is 0 Å². The molecule has 170 valence electrons. The number of ether oxygens (including phenoxy) is 3. The number of aliphatic imine (C=N–C) groups is 1. The zero-order chi connectivity index (χ0) is 20.5. The molecule has 0 aliphatic carbocycles. The second-order valence-corrected chi connectivity index (χ2v) is 7.31. The Balaban J connectivity index is 0.00000320. The van der Waals surface area contributed by atoms with Crippen molar-refractivity contribution in [2.24, 2.45) is 4.99 Å². The van der Waals surface area contributed by atoms with Gasteiger partial charge in [-0.2, -0.15) is 0 Å². The summed E-state index contributed by atoms with van der Waals surface area (Å²) in [5.74, 6) is -0.649. The van der Waals surface area contributed by atoms with Gasteiger partial charge in [0.1, 0.15) is 12.4 Å². The number of nitrogens with one attached hydrogen (secondary N) is 1. The van der Waals surface area contributed by atoms with E-state index in [4.69, 9.17) is 14.2 Å². The largest absolute Gasteiger partial charge is 0.492 e. The smallest absolute Gasteiger partial charge is 0.194 e. The lowest BCUT2D eigenvalue weighted by Crippen LogP contribution is -2.47. The summed E-state index contributed by atoms with van der Waals surface area (Å²) in [4.78, 5) is 6.83. The summed E-state index contributed by atoms with van der Waals surface area (Å²) < 4.78 is 43.3. The van der Waals surface area contributed by atoms with Gasteiger partial charge in [-0.3, -0.25) is 0 Å². The van der Waals surface area contributed by atoms with Crippen molar-refractivity contribution in [1.29, 1.82) is 0 Å². The van der Waals surface area contributed by atoms with Crippen molar-refractivity contribution in [2.45, 2.75) is 44.8 Å². The van der Waals surface area contributed by atoms with Gasteiger partial charge >= 0.3 is 0 Å². The zero-order valence-corrected chi connectivity index (χ0v) is 19.8. The van der Waals surface area contributed by atoms with Crippen LogP contribution in [0.2, 0.25) is 0 Å². The first kappa shape index (κ1) is 25.1. The van der Waals surface area contributed by atoms with E-state index >= 15 is 0 Å². The van der Waals surface area contributed by atoms with E-state index in [1.807, 2.05) is 6.92 Å². The monoisotopic (exact) mass is 539 g/mol. The van der Waals surface area contributed by atoms with Crippen molar-refractivity contribution in [3.63, 3.8) is 0 Å². The van der Waals surface area contributed by atoms with E-state index in [1.165, 1.54) is 6.07 Å². The van der Waals surface area contributed by atoms with Crippen molar-refractivity contribution in [2.75, 3.05) is 46.0 Å². The van der Waals surface area contributed by atoms with Crippen LogP contribution in [0.1, 0.15) is 32.6 Å². The molecular formula is C21H32F2IN3O3. The van der Waals surface area contributed by atoms with E-state index < -0.39 is 11.6 Å². The summed E-state index contributed by atoms with van der Waals surface area (Å²) in [6, 6.07) is 3.52. The Hall–Kier alpha value is -1.20. The molecule has 0 spiro atoms. The number of piperidine rings is 1. The highest BCUT2D eigenvalue weighted by Gasteiger charge is 2.24. The maximum atomic E-state index is 13.2. The first-order chi connectivity index (χ1) is 14.2. The quantitative estimate of drug-likeness (QED) is 0.237. The molecule has 1 aromatic carbocycles. The van der Waals surface area contributed by atoms with Crippen LogP contribution in [0, 0.1) is 11.6 Å². The lowest BCUT2D eigenvalue weighted by atomic mass is 10.1. The molecule has 0 aromatic heterocycles.